The largest absolute Gasteiger partial charge is 0.394 e. The van der Waals surface area contributed by atoms with Crippen molar-refractivity contribution in [3.05, 3.63) is 60.8 Å². The van der Waals surface area contributed by atoms with Gasteiger partial charge in [0.05, 0.1) is 32.0 Å². The average Bonchev–Trinajstić information content (AvgIpc) is 3.47. The summed E-state index contributed by atoms with van der Waals surface area (Å²) in [6, 6.07) is -0.948. The first-order valence-corrected chi connectivity index (χ1v) is 33.0. The average molecular weight is 1150 g/mol. The number of aliphatic hydroxyl groups excluding tert-OH is 8. The molecule has 0 aromatic carbocycles. The van der Waals surface area contributed by atoms with Crippen LogP contribution in [0.3, 0.4) is 0 Å². The van der Waals surface area contributed by atoms with Gasteiger partial charge in [-0.2, -0.15) is 0 Å². The van der Waals surface area contributed by atoms with Gasteiger partial charge in [-0.15, -0.1) is 0 Å². The number of hydrogen-bond donors (Lipinski definition) is 9. The van der Waals surface area contributed by atoms with Gasteiger partial charge in [-0.1, -0.05) is 242 Å². The zero-order chi connectivity index (χ0) is 58.8. The molecule has 1 amide bonds. The van der Waals surface area contributed by atoms with Gasteiger partial charge in [0.15, 0.2) is 12.6 Å². The summed E-state index contributed by atoms with van der Waals surface area (Å²) in [6.45, 7) is 2.75. The molecule has 9 N–H and O–H groups in total. The zero-order valence-corrected chi connectivity index (χ0v) is 51.0. The quantitative estimate of drug-likeness (QED) is 0.0204. The van der Waals surface area contributed by atoms with Crippen molar-refractivity contribution in [2.75, 3.05) is 19.8 Å². The van der Waals surface area contributed by atoms with Gasteiger partial charge in [0, 0.05) is 6.42 Å². The first-order valence-electron chi connectivity index (χ1n) is 33.0. The van der Waals surface area contributed by atoms with Crippen LogP contribution >= 0.6 is 0 Å². The molecule has 14 heteroatoms. The predicted octanol–water partition coefficient (Wildman–Crippen LogP) is 12.5. The second-order valence-corrected chi connectivity index (χ2v) is 23.2. The van der Waals surface area contributed by atoms with E-state index < -0.39 is 86.8 Å². The molecule has 0 aliphatic carbocycles. The minimum absolute atomic E-state index is 0.252. The highest BCUT2D eigenvalue weighted by molar-refractivity contribution is 5.76. The summed E-state index contributed by atoms with van der Waals surface area (Å²) >= 11 is 0. The Labute approximate surface area is 492 Å². The van der Waals surface area contributed by atoms with Crippen LogP contribution in [0, 0.1) is 0 Å². The lowest BCUT2D eigenvalue weighted by molar-refractivity contribution is -0.359. The number of allylic oxidation sites excluding steroid dienone is 9. The smallest absolute Gasteiger partial charge is 0.220 e. The van der Waals surface area contributed by atoms with Crippen molar-refractivity contribution >= 4 is 5.91 Å². The van der Waals surface area contributed by atoms with Crippen LogP contribution in [0.4, 0.5) is 0 Å². The first-order chi connectivity index (χ1) is 39.6. The SMILES string of the molecule is CCCCC/C=C\C/C=C\CCCCCCCC(=O)NC(COC1OC(CO)C(OC2OC(CO)C(O)C(O)C2O)C(O)C1O)C(O)/C=C/CC/C=C/CC/C=C/CCCCCCCCCCCCCCCCCCCCCCCC. The van der Waals surface area contributed by atoms with Gasteiger partial charge in [0.25, 0.3) is 0 Å². The van der Waals surface area contributed by atoms with Crippen molar-refractivity contribution in [1.82, 2.24) is 5.32 Å². The van der Waals surface area contributed by atoms with Crippen LogP contribution in [-0.2, 0) is 23.7 Å². The number of nitrogens with one attached hydrogen (secondary N) is 1. The molecular formula is C67H121NO13. The number of aliphatic hydroxyl groups is 8. The van der Waals surface area contributed by atoms with E-state index in [9.17, 15) is 45.6 Å². The molecule has 2 aliphatic heterocycles. The van der Waals surface area contributed by atoms with Gasteiger partial charge in [0.2, 0.25) is 5.91 Å². The van der Waals surface area contributed by atoms with Gasteiger partial charge in [0.1, 0.15) is 48.8 Å². The fourth-order valence-corrected chi connectivity index (χ4v) is 10.6. The van der Waals surface area contributed by atoms with E-state index in [0.717, 1.165) is 70.6 Å². The van der Waals surface area contributed by atoms with Crippen molar-refractivity contribution in [2.24, 2.45) is 0 Å². The molecule has 2 fully saturated rings. The molecule has 2 rings (SSSR count). The second-order valence-electron chi connectivity index (χ2n) is 23.2. The molecule has 2 saturated heterocycles. The molecule has 2 heterocycles. The Kier molecular flexibility index (Phi) is 48.1. The number of hydrogen-bond acceptors (Lipinski definition) is 13. The maximum absolute atomic E-state index is 13.2. The van der Waals surface area contributed by atoms with Crippen molar-refractivity contribution < 1.29 is 64.6 Å². The number of unbranched alkanes of at least 4 members (excludes halogenated alkanes) is 32. The lowest BCUT2D eigenvalue weighted by atomic mass is 9.97. The third-order valence-electron chi connectivity index (χ3n) is 15.9. The third kappa shape index (κ3) is 37.0. The van der Waals surface area contributed by atoms with E-state index in [2.05, 4.69) is 67.8 Å². The van der Waals surface area contributed by atoms with Gasteiger partial charge >= 0.3 is 0 Å². The van der Waals surface area contributed by atoms with Crippen molar-refractivity contribution in [3.63, 3.8) is 0 Å². The van der Waals surface area contributed by atoms with Gasteiger partial charge < -0.3 is 65.1 Å². The van der Waals surface area contributed by atoms with Crippen LogP contribution in [0.1, 0.15) is 264 Å². The van der Waals surface area contributed by atoms with E-state index in [4.69, 9.17) is 18.9 Å². The highest BCUT2D eigenvalue weighted by Crippen LogP contribution is 2.30. The fourth-order valence-electron chi connectivity index (χ4n) is 10.6. The van der Waals surface area contributed by atoms with Crippen LogP contribution < -0.4 is 5.32 Å². The molecule has 472 valence electrons. The summed E-state index contributed by atoms with van der Waals surface area (Å²) in [5, 5.41) is 87.1. The van der Waals surface area contributed by atoms with Crippen LogP contribution in [0.2, 0.25) is 0 Å². The predicted molar refractivity (Wildman–Crippen MR) is 327 cm³/mol. The van der Waals surface area contributed by atoms with Crippen molar-refractivity contribution in [3.8, 4) is 0 Å². The van der Waals surface area contributed by atoms with Crippen molar-refractivity contribution in [2.45, 2.75) is 338 Å². The van der Waals surface area contributed by atoms with Crippen LogP contribution in [0.15, 0.2) is 60.8 Å². The first kappa shape index (κ1) is 74.8. The van der Waals surface area contributed by atoms with E-state index in [1.165, 1.54) is 161 Å². The Morgan fingerprint density at radius 2 is 0.827 bits per heavy atom. The number of rotatable bonds is 53. The zero-order valence-electron chi connectivity index (χ0n) is 51.0. The van der Waals surface area contributed by atoms with E-state index in [1.807, 2.05) is 6.08 Å². The molecule has 0 aromatic rings. The molecule has 0 radical (unpaired) electrons. The summed E-state index contributed by atoms with van der Waals surface area (Å²) < 4.78 is 22.8. The van der Waals surface area contributed by atoms with E-state index in [1.54, 1.807) is 6.08 Å². The maximum atomic E-state index is 13.2. The van der Waals surface area contributed by atoms with Gasteiger partial charge in [-0.05, 0) is 77.0 Å². The molecule has 0 saturated carbocycles. The Balaban J connectivity index is 1.70. The number of ether oxygens (including phenoxy) is 4. The van der Waals surface area contributed by atoms with E-state index in [0.29, 0.717) is 12.8 Å². The normalized spacial score (nSPS) is 24.5. The summed E-state index contributed by atoms with van der Waals surface area (Å²) in [5.74, 6) is -0.267. The van der Waals surface area contributed by atoms with Crippen LogP contribution in [-0.4, -0.2) is 140 Å². The number of amides is 1. The molecule has 2 aliphatic rings. The van der Waals surface area contributed by atoms with Crippen LogP contribution in [0.5, 0.6) is 0 Å². The minimum Gasteiger partial charge on any atom is -0.394 e. The molecule has 14 nitrogen and oxygen atoms in total. The highest BCUT2D eigenvalue weighted by atomic mass is 16.7. The maximum Gasteiger partial charge on any atom is 0.220 e. The molecule has 81 heavy (non-hydrogen) atoms. The van der Waals surface area contributed by atoms with Gasteiger partial charge in [-0.25, -0.2) is 0 Å². The summed E-state index contributed by atoms with van der Waals surface area (Å²) in [4.78, 5) is 13.2. The lowest BCUT2D eigenvalue weighted by Crippen LogP contribution is -2.65. The molecule has 12 unspecified atom stereocenters. The standard InChI is InChI=1S/C67H121NO13/c1-3-5-7-9-11-13-15-17-19-20-21-22-23-24-25-26-27-28-29-30-31-32-33-34-35-37-38-40-42-44-46-48-50-56(71)55(68-59(72)51-49-47-45-43-41-39-36-18-16-14-12-10-8-6-4-2)54-78-66-64(77)62(75)65(58(53-70)80-66)81-67-63(76)61(74)60(73)57(52-69)79-67/h12,14,18,34-36,40,42,48,50,55-58,60-67,69-71,73-77H,3-11,13,15-17,19-33,37-39,41,43-47,49,51-54H2,1-2H3,(H,68,72)/b14-12-,35-34+,36-18-,42-40+,50-48+. The van der Waals surface area contributed by atoms with Crippen LogP contribution in [0.25, 0.3) is 0 Å². The molecule has 0 aromatic heterocycles. The lowest BCUT2D eigenvalue weighted by Gasteiger charge is -2.46. The summed E-state index contributed by atoms with van der Waals surface area (Å²) in [7, 11) is 0. The van der Waals surface area contributed by atoms with Crippen molar-refractivity contribution in [1.29, 1.82) is 0 Å². The monoisotopic (exact) mass is 1150 g/mol. The Morgan fingerprint density at radius 1 is 0.444 bits per heavy atom. The Morgan fingerprint density at radius 3 is 1.31 bits per heavy atom. The third-order valence-corrected chi connectivity index (χ3v) is 15.9. The molecular weight excluding hydrogens is 1030 g/mol. The second kappa shape index (κ2) is 52.1. The number of carbonyl (C=O) groups is 1. The number of carbonyl (C=O) groups excluding carboxylic acids is 1. The topological polar surface area (TPSA) is 228 Å². The Bertz CT molecular complexity index is 1590. The highest BCUT2D eigenvalue weighted by Gasteiger charge is 2.51. The van der Waals surface area contributed by atoms with E-state index in [-0.39, 0.29) is 18.9 Å². The molecule has 0 bridgehead atoms. The minimum atomic E-state index is -1.80. The Hall–Kier alpha value is -2.31. The van der Waals surface area contributed by atoms with E-state index >= 15 is 0 Å². The fraction of sp³-hybridized carbons (Fsp3) is 0.836. The summed E-state index contributed by atoms with van der Waals surface area (Å²) in [5.41, 5.74) is 0. The molecule has 0 spiro atoms. The van der Waals surface area contributed by atoms with Gasteiger partial charge in [-0.3, -0.25) is 4.79 Å². The summed E-state index contributed by atoms with van der Waals surface area (Å²) in [6.07, 6.45) is 51.5. The molecule has 12 atom stereocenters.